The first-order valence-corrected chi connectivity index (χ1v) is 11.6. The van der Waals surface area contributed by atoms with E-state index in [9.17, 15) is 9.90 Å². The molecule has 1 saturated heterocycles. The van der Waals surface area contributed by atoms with Crippen molar-refractivity contribution >= 4 is 22.5 Å². The molecule has 0 unspecified atom stereocenters. The Morgan fingerprint density at radius 1 is 0.909 bits per heavy atom. The lowest BCUT2D eigenvalue weighted by Gasteiger charge is -2.27. The molecule has 5 rings (SSSR count). The summed E-state index contributed by atoms with van der Waals surface area (Å²) in [5, 5.41) is 14.8. The molecule has 1 aliphatic heterocycles. The van der Waals surface area contributed by atoms with E-state index in [1.165, 1.54) is 19.3 Å². The molecule has 2 N–H and O–H groups in total. The average Bonchev–Trinajstić information content (AvgIpc) is 3.15. The Hall–Kier alpha value is -3.57. The fourth-order valence-electron chi connectivity index (χ4n) is 4.97. The van der Waals surface area contributed by atoms with E-state index in [0.29, 0.717) is 12.1 Å². The van der Waals surface area contributed by atoms with Crippen LogP contribution in [0.4, 0.5) is 5.69 Å². The standard InChI is InChI=1S/C28H29N3O2/c1-20-26(28(33)29-21-11-5-2-6-12-21)27-23(19-30-17-9-4-10-18-30)25(32)16-15-24(27)31(20)22-13-7-3-8-14-22/h2-3,5-8,11-16,32H,4,9-10,17-19H2,1H3,(H,29,33). The van der Waals surface area contributed by atoms with Gasteiger partial charge in [-0.25, -0.2) is 0 Å². The highest BCUT2D eigenvalue weighted by Crippen LogP contribution is 2.37. The number of nitrogens with zero attached hydrogens (tertiary/aromatic N) is 2. The molecule has 5 nitrogen and oxygen atoms in total. The van der Waals surface area contributed by atoms with Gasteiger partial charge in [0.1, 0.15) is 5.75 Å². The van der Waals surface area contributed by atoms with Crippen molar-refractivity contribution in [2.75, 3.05) is 18.4 Å². The van der Waals surface area contributed by atoms with Gasteiger partial charge >= 0.3 is 0 Å². The SMILES string of the molecule is Cc1c(C(=O)Nc2ccccc2)c2c(CN3CCCCC3)c(O)ccc2n1-c1ccccc1. The lowest BCUT2D eigenvalue weighted by molar-refractivity contribution is 0.102. The van der Waals surface area contributed by atoms with Gasteiger partial charge in [0.2, 0.25) is 0 Å². The molecule has 3 aromatic carbocycles. The first-order chi connectivity index (χ1) is 16.1. The number of aromatic hydroxyl groups is 1. The number of likely N-dealkylation sites (tertiary alicyclic amines) is 1. The normalized spacial score (nSPS) is 14.5. The van der Waals surface area contributed by atoms with Crippen LogP contribution in [0.3, 0.4) is 0 Å². The van der Waals surface area contributed by atoms with Crippen molar-refractivity contribution in [3.8, 4) is 11.4 Å². The van der Waals surface area contributed by atoms with E-state index < -0.39 is 0 Å². The minimum atomic E-state index is -0.163. The summed E-state index contributed by atoms with van der Waals surface area (Å²) in [7, 11) is 0. The van der Waals surface area contributed by atoms with Crippen molar-refractivity contribution in [1.82, 2.24) is 9.47 Å². The second-order valence-electron chi connectivity index (χ2n) is 8.75. The van der Waals surface area contributed by atoms with Crippen LogP contribution in [0.1, 0.15) is 40.9 Å². The summed E-state index contributed by atoms with van der Waals surface area (Å²) in [4.78, 5) is 16.0. The molecule has 168 valence electrons. The number of fused-ring (bicyclic) bond motifs is 1. The van der Waals surface area contributed by atoms with E-state index in [-0.39, 0.29) is 11.7 Å². The van der Waals surface area contributed by atoms with E-state index in [1.807, 2.05) is 73.7 Å². The van der Waals surface area contributed by atoms with Gasteiger partial charge in [0.25, 0.3) is 5.91 Å². The number of hydrogen-bond donors (Lipinski definition) is 2. The van der Waals surface area contributed by atoms with E-state index in [1.54, 1.807) is 6.07 Å². The predicted molar refractivity (Wildman–Crippen MR) is 133 cm³/mol. The monoisotopic (exact) mass is 439 g/mol. The predicted octanol–water partition coefficient (Wildman–Crippen LogP) is 5.88. The Labute approximate surface area is 194 Å². The van der Waals surface area contributed by atoms with Crippen LogP contribution >= 0.6 is 0 Å². The zero-order chi connectivity index (χ0) is 22.8. The number of benzene rings is 3. The zero-order valence-electron chi connectivity index (χ0n) is 18.9. The number of para-hydroxylation sites is 2. The number of nitrogens with one attached hydrogen (secondary N) is 1. The summed E-state index contributed by atoms with van der Waals surface area (Å²) in [5.74, 6) is 0.0796. The Morgan fingerprint density at radius 3 is 2.27 bits per heavy atom. The number of phenols is 1. The van der Waals surface area contributed by atoms with Crippen LogP contribution in [0, 0.1) is 6.92 Å². The number of carbonyl (C=O) groups excluding carboxylic acids is 1. The molecule has 1 fully saturated rings. The molecule has 4 aromatic rings. The van der Waals surface area contributed by atoms with E-state index in [2.05, 4.69) is 14.8 Å². The lowest BCUT2D eigenvalue weighted by atomic mass is 10.0. The second kappa shape index (κ2) is 9.12. The Balaban J connectivity index is 1.70. The average molecular weight is 440 g/mol. The molecule has 0 atom stereocenters. The molecular formula is C28H29N3O2. The molecule has 1 aromatic heterocycles. The number of piperidine rings is 1. The Kier molecular flexibility index (Phi) is 5.88. The fourth-order valence-corrected chi connectivity index (χ4v) is 4.97. The topological polar surface area (TPSA) is 57.5 Å². The zero-order valence-corrected chi connectivity index (χ0v) is 18.9. The van der Waals surface area contributed by atoms with Crippen molar-refractivity contribution < 1.29 is 9.90 Å². The summed E-state index contributed by atoms with van der Waals surface area (Å²) >= 11 is 0. The van der Waals surface area contributed by atoms with Crippen molar-refractivity contribution in [3.05, 3.63) is 89.6 Å². The van der Waals surface area contributed by atoms with Crippen LogP contribution < -0.4 is 5.32 Å². The van der Waals surface area contributed by atoms with E-state index in [4.69, 9.17) is 0 Å². The molecular weight excluding hydrogens is 410 g/mol. The van der Waals surface area contributed by atoms with Crippen molar-refractivity contribution in [2.24, 2.45) is 0 Å². The van der Waals surface area contributed by atoms with Gasteiger partial charge < -0.3 is 15.0 Å². The molecule has 1 aliphatic rings. The van der Waals surface area contributed by atoms with Gasteiger partial charge in [0, 0.05) is 34.6 Å². The number of aromatic nitrogens is 1. The molecule has 33 heavy (non-hydrogen) atoms. The van der Waals surface area contributed by atoms with Gasteiger partial charge in [0.05, 0.1) is 11.1 Å². The van der Waals surface area contributed by atoms with Gasteiger partial charge in [-0.2, -0.15) is 0 Å². The maximum absolute atomic E-state index is 13.6. The van der Waals surface area contributed by atoms with Gasteiger partial charge in [0.15, 0.2) is 0 Å². The molecule has 0 spiro atoms. The highest BCUT2D eigenvalue weighted by atomic mass is 16.3. The highest BCUT2D eigenvalue weighted by Gasteiger charge is 2.26. The van der Waals surface area contributed by atoms with Crippen molar-refractivity contribution in [1.29, 1.82) is 0 Å². The van der Waals surface area contributed by atoms with Gasteiger partial charge in [-0.15, -0.1) is 0 Å². The third-order valence-corrected chi connectivity index (χ3v) is 6.56. The Morgan fingerprint density at radius 2 is 1.58 bits per heavy atom. The van der Waals surface area contributed by atoms with Crippen LogP contribution in [-0.4, -0.2) is 33.6 Å². The number of phenolic OH excluding ortho intramolecular Hbond substituents is 1. The first kappa shape index (κ1) is 21.3. The minimum absolute atomic E-state index is 0.163. The molecule has 2 heterocycles. The number of hydrogen-bond acceptors (Lipinski definition) is 3. The largest absolute Gasteiger partial charge is 0.508 e. The lowest BCUT2D eigenvalue weighted by Crippen LogP contribution is -2.29. The van der Waals surface area contributed by atoms with Crippen molar-refractivity contribution in [2.45, 2.75) is 32.7 Å². The summed E-state index contributed by atoms with van der Waals surface area (Å²) in [5.41, 5.74) is 4.97. The second-order valence-corrected chi connectivity index (χ2v) is 8.75. The number of anilines is 1. The van der Waals surface area contributed by atoms with Crippen LogP contribution in [0.25, 0.3) is 16.6 Å². The summed E-state index contributed by atoms with van der Waals surface area (Å²) in [6.07, 6.45) is 3.59. The number of amides is 1. The number of carbonyl (C=O) groups is 1. The van der Waals surface area contributed by atoms with Crippen LogP contribution in [0.15, 0.2) is 72.8 Å². The van der Waals surface area contributed by atoms with Crippen LogP contribution in [0.2, 0.25) is 0 Å². The summed E-state index contributed by atoms with van der Waals surface area (Å²) in [6, 6.07) is 23.3. The maximum Gasteiger partial charge on any atom is 0.258 e. The van der Waals surface area contributed by atoms with Crippen LogP contribution in [0.5, 0.6) is 5.75 Å². The smallest absolute Gasteiger partial charge is 0.258 e. The third kappa shape index (κ3) is 4.12. The van der Waals surface area contributed by atoms with Gasteiger partial charge in [-0.3, -0.25) is 9.69 Å². The summed E-state index contributed by atoms with van der Waals surface area (Å²) in [6.45, 7) is 4.64. The molecule has 1 amide bonds. The highest BCUT2D eigenvalue weighted by molar-refractivity contribution is 6.15. The molecule has 0 aliphatic carbocycles. The first-order valence-electron chi connectivity index (χ1n) is 11.6. The van der Waals surface area contributed by atoms with Crippen molar-refractivity contribution in [3.63, 3.8) is 0 Å². The van der Waals surface area contributed by atoms with Gasteiger partial charge in [-0.1, -0.05) is 42.8 Å². The van der Waals surface area contributed by atoms with Gasteiger partial charge in [-0.05, 0) is 69.3 Å². The number of rotatable bonds is 5. The molecule has 0 bridgehead atoms. The third-order valence-electron chi connectivity index (χ3n) is 6.56. The molecule has 5 heteroatoms. The summed E-state index contributed by atoms with van der Waals surface area (Å²) < 4.78 is 2.12. The molecule has 0 radical (unpaired) electrons. The van der Waals surface area contributed by atoms with E-state index in [0.717, 1.165) is 46.6 Å². The minimum Gasteiger partial charge on any atom is -0.508 e. The molecule has 0 saturated carbocycles. The quantitative estimate of drug-likeness (QED) is 0.408. The fraction of sp³-hybridized carbons (Fsp3) is 0.250. The Bertz CT molecular complexity index is 1270. The van der Waals surface area contributed by atoms with E-state index >= 15 is 0 Å². The maximum atomic E-state index is 13.6. The van der Waals surface area contributed by atoms with Crippen LogP contribution in [-0.2, 0) is 6.54 Å².